The topological polar surface area (TPSA) is 87.8 Å². The highest BCUT2D eigenvalue weighted by atomic mass is 32.2. The molecule has 0 aliphatic heterocycles. The fraction of sp³-hybridized carbons (Fsp3) is 0.652. The lowest BCUT2D eigenvalue weighted by molar-refractivity contribution is -0.120. The molecule has 0 bridgehead atoms. The van der Waals surface area contributed by atoms with Crippen LogP contribution in [-0.2, 0) is 24.2 Å². The lowest BCUT2D eigenvalue weighted by Crippen LogP contribution is -2.49. The summed E-state index contributed by atoms with van der Waals surface area (Å²) in [6.45, 7) is 8.32. The van der Waals surface area contributed by atoms with E-state index >= 15 is 0 Å². The van der Waals surface area contributed by atoms with E-state index in [0.717, 1.165) is 48.7 Å². The highest BCUT2D eigenvalue weighted by Gasteiger charge is 2.30. The van der Waals surface area contributed by atoms with Crippen molar-refractivity contribution < 1.29 is 4.79 Å². The molecule has 1 N–H and O–H groups in total. The number of nitrogens with one attached hydrogen (secondary N) is 1. The Bertz CT molecular complexity index is 1050. The molecule has 0 saturated carbocycles. The van der Waals surface area contributed by atoms with Crippen molar-refractivity contribution >= 4 is 39.2 Å². The Hall–Kier alpha value is -1.85. The number of thioether (sulfide) groups is 1. The summed E-state index contributed by atoms with van der Waals surface area (Å²) in [7, 11) is 0. The smallest absolute Gasteiger partial charge is 0.263 e. The molecule has 2 heterocycles. The molecule has 1 aliphatic rings. The molecule has 31 heavy (non-hydrogen) atoms. The van der Waals surface area contributed by atoms with Gasteiger partial charge in [0, 0.05) is 11.4 Å². The molecule has 0 saturated heterocycles. The van der Waals surface area contributed by atoms with Gasteiger partial charge >= 0.3 is 0 Å². The van der Waals surface area contributed by atoms with Crippen molar-refractivity contribution in [3.05, 3.63) is 20.8 Å². The Morgan fingerprint density at radius 3 is 2.77 bits per heavy atom. The Kier molecular flexibility index (Phi) is 7.82. The van der Waals surface area contributed by atoms with Crippen LogP contribution in [0.1, 0.15) is 70.2 Å². The Balaban J connectivity index is 1.89. The van der Waals surface area contributed by atoms with E-state index in [2.05, 4.69) is 18.3 Å². The zero-order chi connectivity index (χ0) is 22.6. The number of aromatic nitrogens is 2. The lowest BCUT2D eigenvalue weighted by atomic mass is 9.90. The summed E-state index contributed by atoms with van der Waals surface area (Å²) in [6.07, 6.45) is 7.31. The summed E-state index contributed by atoms with van der Waals surface area (Å²) in [5, 5.41) is 13.7. The highest BCUT2D eigenvalue weighted by molar-refractivity contribution is 7.99. The van der Waals surface area contributed by atoms with Gasteiger partial charge in [-0.05, 0) is 50.5 Å². The maximum absolute atomic E-state index is 13.5. The number of unbranched alkanes of at least 4 members (excludes halogenated alkanes) is 2. The summed E-state index contributed by atoms with van der Waals surface area (Å²) in [4.78, 5) is 33.0. The maximum atomic E-state index is 13.5. The summed E-state index contributed by atoms with van der Waals surface area (Å²) in [5.74, 6) is -0.103. The normalized spacial score (nSPS) is 15.5. The third-order valence-electron chi connectivity index (χ3n) is 6.14. The average molecular weight is 461 g/mol. The van der Waals surface area contributed by atoms with Gasteiger partial charge in [-0.1, -0.05) is 45.4 Å². The van der Waals surface area contributed by atoms with E-state index in [1.54, 1.807) is 22.8 Å². The van der Waals surface area contributed by atoms with E-state index in [1.807, 2.05) is 13.8 Å². The average Bonchev–Trinajstić information content (AvgIpc) is 3.12. The molecule has 0 radical (unpaired) electrons. The van der Waals surface area contributed by atoms with Gasteiger partial charge in [-0.25, -0.2) is 4.98 Å². The summed E-state index contributed by atoms with van der Waals surface area (Å²) in [5.41, 5.74) is 0.319. The van der Waals surface area contributed by atoms with E-state index in [1.165, 1.54) is 28.6 Å². The third kappa shape index (κ3) is 5.15. The molecule has 0 fully saturated rings. The predicted octanol–water partition coefficient (Wildman–Crippen LogP) is 4.67. The minimum atomic E-state index is -0.914. The number of carbonyl (C=O) groups excluding carboxylic acids is 1. The van der Waals surface area contributed by atoms with E-state index in [-0.39, 0.29) is 23.1 Å². The number of rotatable bonds is 9. The predicted molar refractivity (Wildman–Crippen MR) is 128 cm³/mol. The van der Waals surface area contributed by atoms with E-state index < -0.39 is 5.54 Å². The highest BCUT2D eigenvalue weighted by Crippen LogP contribution is 2.34. The molecular formula is C23H32N4O2S2. The van der Waals surface area contributed by atoms with Crippen LogP contribution in [0, 0.1) is 17.2 Å². The number of fused-ring (bicyclic) bond motifs is 3. The van der Waals surface area contributed by atoms with Crippen LogP contribution in [0.2, 0.25) is 0 Å². The van der Waals surface area contributed by atoms with Crippen LogP contribution >= 0.6 is 23.1 Å². The second kappa shape index (κ2) is 10.2. The molecular weight excluding hydrogens is 428 g/mol. The van der Waals surface area contributed by atoms with Crippen molar-refractivity contribution in [2.75, 3.05) is 5.75 Å². The number of amides is 1. The molecule has 2 aromatic heterocycles. The fourth-order valence-electron chi connectivity index (χ4n) is 3.80. The molecule has 3 rings (SSSR count). The van der Waals surface area contributed by atoms with Crippen molar-refractivity contribution in [1.29, 1.82) is 5.26 Å². The first-order valence-corrected chi connectivity index (χ1v) is 13.0. The van der Waals surface area contributed by atoms with Crippen LogP contribution < -0.4 is 10.9 Å². The van der Waals surface area contributed by atoms with Crippen LogP contribution in [0.25, 0.3) is 10.2 Å². The first-order chi connectivity index (χ1) is 14.8. The second-order valence-electron chi connectivity index (χ2n) is 8.76. The van der Waals surface area contributed by atoms with Crippen molar-refractivity contribution in [3.63, 3.8) is 0 Å². The summed E-state index contributed by atoms with van der Waals surface area (Å²) < 4.78 is 1.77. The molecule has 0 spiro atoms. The van der Waals surface area contributed by atoms with Crippen LogP contribution in [0.3, 0.4) is 0 Å². The molecule has 1 amide bonds. The molecule has 6 nitrogen and oxygen atoms in total. The van der Waals surface area contributed by atoms with Crippen LogP contribution in [-0.4, -0.2) is 26.8 Å². The van der Waals surface area contributed by atoms with Crippen LogP contribution in [0.5, 0.6) is 0 Å². The van der Waals surface area contributed by atoms with Gasteiger partial charge in [-0.15, -0.1) is 11.3 Å². The Morgan fingerprint density at radius 1 is 1.35 bits per heavy atom. The number of aryl methyl sites for hydroxylation is 2. The zero-order valence-electron chi connectivity index (χ0n) is 18.9. The zero-order valence-corrected chi connectivity index (χ0v) is 20.5. The van der Waals surface area contributed by atoms with Gasteiger partial charge in [0.05, 0.1) is 17.2 Å². The molecule has 1 atom stereocenters. The number of hydrogen-bond donors (Lipinski definition) is 1. The monoisotopic (exact) mass is 460 g/mol. The number of hydrogen-bond acceptors (Lipinski definition) is 6. The van der Waals surface area contributed by atoms with Gasteiger partial charge in [0.2, 0.25) is 5.91 Å². The lowest BCUT2D eigenvalue weighted by Gasteiger charge is -2.27. The molecule has 8 heteroatoms. The molecule has 168 valence electrons. The Labute approximate surface area is 192 Å². The summed E-state index contributed by atoms with van der Waals surface area (Å²) >= 11 is 2.92. The van der Waals surface area contributed by atoms with Crippen molar-refractivity contribution in [3.8, 4) is 6.07 Å². The van der Waals surface area contributed by atoms with Gasteiger partial charge in [-0.3, -0.25) is 14.2 Å². The van der Waals surface area contributed by atoms with Gasteiger partial charge in [0.15, 0.2) is 5.16 Å². The van der Waals surface area contributed by atoms with Crippen LogP contribution in [0.15, 0.2) is 9.95 Å². The van der Waals surface area contributed by atoms with Crippen molar-refractivity contribution in [2.24, 2.45) is 5.92 Å². The van der Waals surface area contributed by atoms with Gasteiger partial charge in [0.25, 0.3) is 5.56 Å². The van der Waals surface area contributed by atoms with Gasteiger partial charge in [-0.2, -0.15) is 5.26 Å². The maximum Gasteiger partial charge on any atom is 0.263 e. The standard InChI is InChI=1S/C23H32N4O2S2/c1-5-6-9-12-27-21(29)19-16-10-7-8-11-17(16)31-20(19)25-22(27)30-13-18(28)26-23(4,14-24)15(2)3/h15H,5-13H2,1-4H3,(H,26,28). The number of carbonyl (C=O) groups is 1. The molecule has 0 aromatic carbocycles. The van der Waals surface area contributed by atoms with E-state index in [9.17, 15) is 14.9 Å². The van der Waals surface area contributed by atoms with Crippen molar-refractivity contribution in [2.45, 2.75) is 89.9 Å². The fourth-order valence-corrected chi connectivity index (χ4v) is 5.93. The third-order valence-corrected chi connectivity index (χ3v) is 8.31. The Morgan fingerprint density at radius 2 is 2.10 bits per heavy atom. The minimum Gasteiger partial charge on any atom is -0.337 e. The first-order valence-electron chi connectivity index (χ1n) is 11.2. The summed E-state index contributed by atoms with van der Waals surface area (Å²) in [6, 6.07) is 2.20. The second-order valence-corrected chi connectivity index (χ2v) is 10.8. The molecule has 1 aliphatic carbocycles. The number of nitriles is 1. The first kappa shape index (κ1) is 23.8. The van der Waals surface area contributed by atoms with E-state index in [0.29, 0.717) is 11.7 Å². The van der Waals surface area contributed by atoms with Gasteiger partial charge in [0.1, 0.15) is 10.4 Å². The van der Waals surface area contributed by atoms with E-state index in [4.69, 9.17) is 4.98 Å². The van der Waals surface area contributed by atoms with Gasteiger partial charge < -0.3 is 5.32 Å². The largest absolute Gasteiger partial charge is 0.337 e. The minimum absolute atomic E-state index is 0.00871. The quantitative estimate of drug-likeness (QED) is 0.334. The van der Waals surface area contributed by atoms with Crippen molar-refractivity contribution in [1.82, 2.24) is 14.9 Å². The number of nitrogens with zero attached hydrogens (tertiary/aromatic N) is 3. The number of thiophene rings is 1. The molecule has 2 aromatic rings. The SMILES string of the molecule is CCCCCn1c(SCC(=O)NC(C)(C#N)C(C)C)nc2sc3c(c2c1=O)CCCC3. The van der Waals surface area contributed by atoms with Crippen LogP contribution in [0.4, 0.5) is 0 Å². The molecule has 1 unspecified atom stereocenters.